The van der Waals surface area contributed by atoms with Gasteiger partial charge in [0.2, 0.25) is 0 Å². The van der Waals surface area contributed by atoms with Gasteiger partial charge in [-0.15, -0.1) is 0 Å². The van der Waals surface area contributed by atoms with Gasteiger partial charge in [0.15, 0.2) is 5.13 Å². The molecule has 3 aromatic rings. The molecule has 0 aliphatic carbocycles. The van der Waals surface area contributed by atoms with Crippen LogP contribution in [0.2, 0.25) is 0 Å². The Balaban J connectivity index is 1.25. The number of nitrogens with one attached hydrogen (secondary N) is 2. The summed E-state index contributed by atoms with van der Waals surface area (Å²) in [5.41, 5.74) is 1.68. The van der Waals surface area contributed by atoms with Gasteiger partial charge in [-0.25, -0.2) is 4.98 Å². The number of amides is 2. The number of rotatable bonds is 4. The number of carbonyl (C=O) groups excluding carboxylic acids is 2. The van der Waals surface area contributed by atoms with Gasteiger partial charge in [-0.05, 0) is 43.0 Å². The van der Waals surface area contributed by atoms with Crippen LogP contribution in [0.3, 0.4) is 0 Å². The quantitative estimate of drug-likeness (QED) is 0.633. The van der Waals surface area contributed by atoms with Crippen molar-refractivity contribution in [3.05, 3.63) is 54.1 Å². The lowest BCUT2D eigenvalue weighted by atomic mass is 9.97. The number of para-hydroxylation sites is 2. The Morgan fingerprint density at radius 3 is 2.60 bits per heavy atom. The molecular weight excluding hydrogens is 398 g/mol. The molecule has 0 unspecified atom stereocenters. The first-order chi connectivity index (χ1) is 14.6. The van der Waals surface area contributed by atoms with E-state index >= 15 is 0 Å². The number of hydrogen-bond donors (Lipinski definition) is 2. The van der Waals surface area contributed by atoms with Gasteiger partial charge >= 0.3 is 11.8 Å². The van der Waals surface area contributed by atoms with Crippen molar-refractivity contribution in [3.8, 4) is 6.07 Å². The molecule has 1 aliphatic heterocycles. The lowest BCUT2D eigenvalue weighted by molar-refractivity contribution is -0.136. The van der Waals surface area contributed by atoms with Gasteiger partial charge < -0.3 is 15.5 Å². The summed E-state index contributed by atoms with van der Waals surface area (Å²) < 4.78 is 1.19. The average Bonchev–Trinajstić information content (AvgIpc) is 3.22. The van der Waals surface area contributed by atoms with Crippen LogP contribution < -0.4 is 15.5 Å². The minimum Gasteiger partial charge on any atom is -0.348 e. The third-order valence-corrected chi connectivity index (χ3v) is 6.32. The molecule has 2 amide bonds. The predicted molar refractivity (Wildman–Crippen MR) is 117 cm³/mol. The Bertz CT molecular complexity index is 1080. The molecule has 0 saturated carbocycles. The van der Waals surface area contributed by atoms with E-state index in [4.69, 9.17) is 10.2 Å². The molecule has 0 spiro atoms. The van der Waals surface area contributed by atoms with Crippen LogP contribution in [0, 0.1) is 17.2 Å². The van der Waals surface area contributed by atoms with E-state index in [0.717, 1.165) is 36.6 Å². The molecule has 1 saturated heterocycles. The summed E-state index contributed by atoms with van der Waals surface area (Å²) in [6.45, 7) is 2.21. The van der Waals surface area contributed by atoms with Gasteiger partial charge in [0.1, 0.15) is 6.07 Å². The van der Waals surface area contributed by atoms with Gasteiger partial charge in [-0.1, -0.05) is 35.6 Å². The van der Waals surface area contributed by atoms with Gasteiger partial charge in [-0.2, -0.15) is 5.26 Å². The molecule has 1 fully saturated rings. The van der Waals surface area contributed by atoms with Crippen LogP contribution in [0.5, 0.6) is 0 Å². The highest BCUT2D eigenvalue weighted by Crippen LogP contribution is 2.31. The topological polar surface area (TPSA) is 98.1 Å². The van der Waals surface area contributed by atoms with E-state index in [1.807, 2.05) is 24.3 Å². The first kappa shape index (κ1) is 19.9. The lowest BCUT2D eigenvalue weighted by Crippen LogP contribution is -2.41. The number of anilines is 2. The maximum absolute atomic E-state index is 12.2. The number of nitrogens with zero attached hydrogens (tertiary/aromatic N) is 3. The highest BCUT2D eigenvalue weighted by molar-refractivity contribution is 7.22. The number of fused-ring (bicyclic) bond motifs is 1. The van der Waals surface area contributed by atoms with E-state index in [-0.39, 0.29) is 0 Å². The fraction of sp³-hybridized carbons (Fsp3) is 0.273. The monoisotopic (exact) mass is 419 g/mol. The molecule has 2 aromatic carbocycles. The number of piperidine rings is 1. The summed E-state index contributed by atoms with van der Waals surface area (Å²) in [7, 11) is 0. The highest BCUT2D eigenvalue weighted by Gasteiger charge is 2.23. The van der Waals surface area contributed by atoms with Crippen molar-refractivity contribution in [1.29, 1.82) is 5.26 Å². The standard InChI is InChI=1S/C22H21N5O2S/c23-13-16-5-1-2-6-17(16)25-21(29)20(28)24-14-15-9-11-27(12-10-15)22-26-18-7-3-4-8-19(18)30-22/h1-8,15H,9-12,14H2,(H,24,28)(H,25,29). The van der Waals surface area contributed by atoms with Crippen molar-refractivity contribution in [3.63, 3.8) is 0 Å². The molecule has 0 atom stereocenters. The zero-order valence-electron chi connectivity index (χ0n) is 16.3. The largest absolute Gasteiger partial charge is 0.348 e. The summed E-state index contributed by atoms with van der Waals surface area (Å²) in [6.07, 6.45) is 1.85. The number of carbonyl (C=O) groups is 2. The molecule has 0 bridgehead atoms. The maximum atomic E-state index is 12.2. The molecule has 1 aromatic heterocycles. The van der Waals surface area contributed by atoms with Crippen molar-refractivity contribution in [2.45, 2.75) is 12.8 Å². The van der Waals surface area contributed by atoms with Crippen molar-refractivity contribution in [1.82, 2.24) is 10.3 Å². The Labute approximate surface area is 178 Å². The number of benzene rings is 2. The van der Waals surface area contributed by atoms with Crippen molar-refractivity contribution in [2.24, 2.45) is 5.92 Å². The van der Waals surface area contributed by atoms with E-state index in [9.17, 15) is 9.59 Å². The number of thiazole rings is 1. The van der Waals surface area contributed by atoms with Crippen LogP contribution in [0.4, 0.5) is 10.8 Å². The Morgan fingerprint density at radius 2 is 1.83 bits per heavy atom. The molecule has 152 valence electrons. The van der Waals surface area contributed by atoms with E-state index in [0.29, 0.717) is 23.7 Å². The Morgan fingerprint density at radius 1 is 1.10 bits per heavy atom. The molecule has 2 heterocycles. The minimum absolute atomic E-state index is 0.318. The van der Waals surface area contributed by atoms with Crippen molar-refractivity contribution >= 4 is 44.2 Å². The fourth-order valence-corrected chi connectivity index (χ4v) is 4.53. The van der Waals surface area contributed by atoms with Crippen LogP contribution in [0.1, 0.15) is 18.4 Å². The third kappa shape index (κ3) is 4.42. The van der Waals surface area contributed by atoms with Crippen molar-refractivity contribution in [2.75, 3.05) is 29.9 Å². The average molecular weight is 420 g/mol. The molecule has 0 radical (unpaired) electrons. The predicted octanol–water partition coefficient (Wildman–Crippen LogP) is 3.14. The van der Waals surface area contributed by atoms with Gasteiger partial charge in [0, 0.05) is 19.6 Å². The second kappa shape index (κ2) is 8.93. The summed E-state index contributed by atoms with van der Waals surface area (Å²) in [4.78, 5) is 31.3. The summed E-state index contributed by atoms with van der Waals surface area (Å²) in [5.74, 6) is -1.13. The molecule has 7 nitrogen and oxygen atoms in total. The molecule has 30 heavy (non-hydrogen) atoms. The van der Waals surface area contributed by atoms with Gasteiger partial charge in [-0.3, -0.25) is 9.59 Å². The number of hydrogen-bond acceptors (Lipinski definition) is 6. The zero-order chi connectivity index (χ0) is 20.9. The SMILES string of the molecule is N#Cc1ccccc1NC(=O)C(=O)NCC1CCN(c2nc3ccccc3s2)CC1. The first-order valence-electron chi connectivity index (χ1n) is 9.83. The van der Waals surface area contributed by atoms with Crippen LogP contribution >= 0.6 is 11.3 Å². The van der Waals surface area contributed by atoms with Crippen molar-refractivity contribution < 1.29 is 9.59 Å². The molecule has 1 aliphatic rings. The second-order valence-corrected chi connectivity index (χ2v) is 8.23. The number of nitriles is 1. The maximum Gasteiger partial charge on any atom is 0.313 e. The van der Waals surface area contributed by atoms with Gasteiger partial charge in [0.25, 0.3) is 0 Å². The summed E-state index contributed by atoms with van der Waals surface area (Å²) >= 11 is 1.70. The Kier molecular flexibility index (Phi) is 5.91. The zero-order valence-corrected chi connectivity index (χ0v) is 17.1. The van der Waals surface area contributed by atoms with Crippen LogP contribution in [-0.4, -0.2) is 36.4 Å². The van der Waals surface area contributed by atoms with Gasteiger partial charge in [0.05, 0.1) is 21.5 Å². The first-order valence-corrected chi connectivity index (χ1v) is 10.6. The van der Waals surface area contributed by atoms with E-state index in [1.54, 1.807) is 35.6 Å². The summed E-state index contributed by atoms with van der Waals surface area (Å²) in [6, 6.07) is 16.7. The van der Waals surface area contributed by atoms with Crippen LogP contribution in [-0.2, 0) is 9.59 Å². The molecule has 8 heteroatoms. The molecular formula is C22H21N5O2S. The normalized spacial score (nSPS) is 14.3. The minimum atomic E-state index is -0.760. The smallest absolute Gasteiger partial charge is 0.313 e. The van der Waals surface area contributed by atoms with Crippen LogP contribution in [0.15, 0.2) is 48.5 Å². The lowest BCUT2D eigenvalue weighted by Gasteiger charge is -2.31. The molecule has 4 rings (SSSR count). The third-order valence-electron chi connectivity index (χ3n) is 5.22. The number of aromatic nitrogens is 1. The highest BCUT2D eigenvalue weighted by atomic mass is 32.1. The Hall–Kier alpha value is -3.44. The van der Waals surface area contributed by atoms with E-state index in [1.165, 1.54) is 4.70 Å². The van der Waals surface area contributed by atoms with Crippen LogP contribution in [0.25, 0.3) is 10.2 Å². The van der Waals surface area contributed by atoms with E-state index in [2.05, 4.69) is 21.6 Å². The van der Waals surface area contributed by atoms with E-state index < -0.39 is 11.8 Å². The fourth-order valence-electron chi connectivity index (χ4n) is 3.51. The molecule has 2 N–H and O–H groups in total. The summed E-state index contributed by atoms with van der Waals surface area (Å²) in [5, 5.41) is 15.3. The second-order valence-electron chi connectivity index (χ2n) is 7.22.